The molecule has 0 bridgehead atoms. The Bertz CT molecular complexity index is 583. The Morgan fingerprint density at radius 1 is 1.17 bits per heavy atom. The third-order valence-electron chi connectivity index (χ3n) is 4.32. The van der Waals surface area contributed by atoms with E-state index in [9.17, 15) is 5.11 Å². The van der Waals surface area contributed by atoms with E-state index in [1.807, 2.05) is 26.1 Å². The summed E-state index contributed by atoms with van der Waals surface area (Å²) in [5.74, 6) is 1.70. The summed E-state index contributed by atoms with van der Waals surface area (Å²) >= 11 is 0. The maximum absolute atomic E-state index is 10.2. The van der Waals surface area contributed by atoms with Crippen LogP contribution in [0.4, 0.5) is 0 Å². The van der Waals surface area contributed by atoms with E-state index in [4.69, 9.17) is 4.42 Å². The van der Waals surface area contributed by atoms with Crippen molar-refractivity contribution in [1.82, 2.24) is 24.6 Å². The first-order valence-corrected chi connectivity index (χ1v) is 8.13. The fraction of sp³-hybridized carbons (Fsp3) is 0.625. The van der Waals surface area contributed by atoms with E-state index in [1.165, 1.54) is 0 Å². The van der Waals surface area contributed by atoms with E-state index in [-0.39, 0.29) is 0 Å². The summed E-state index contributed by atoms with van der Waals surface area (Å²) in [6, 6.07) is 1.87. The summed E-state index contributed by atoms with van der Waals surface area (Å²) in [6.07, 6.45) is 3.22. The molecule has 0 spiro atoms. The molecule has 1 atom stereocenters. The van der Waals surface area contributed by atoms with Crippen molar-refractivity contribution in [3.05, 3.63) is 35.8 Å². The quantitative estimate of drug-likeness (QED) is 0.844. The molecule has 0 aliphatic carbocycles. The van der Waals surface area contributed by atoms with Crippen molar-refractivity contribution in [2.45, 2.75) is 33.0 Å². The van der Waals surface area contributed by atoms with Crippen molar-refractivity contribution in [1.29, 1.82) is 0 Å². The zero-order valence-electron chi connectivity index (χ0n) is 13.9. The molecule has 1 N–H and O–H groups in total. The lowest BCUT2D eigenvalue weighted by molar-refractivity contribution is 0.0581. The average molecular weight is 319 g/mol. The Balaban J connectivity index is 1.41. The SMILES string of the molecule is Cc1nc(CN2CCN(C[C@@H](O)Cn3cccn3)CC2)oc1C. The van der Waals surface area contributed by atoms with Gasteiger partial charge >= 0.3 is 0 Å². The van der Waals surface area contributed by atoms with Crippen molar-refractivity contribution in [3.8, 4) is 0 Å². The summed E-state index contributed by atoms with van der Waals surface area (Å²) in [6.45, 7) is 9.75. The standard InChI is InChI=1S/C16H25N5O2/c1-13-14(2)23-16(18-13)12-20-8-6-19(7-9-20)10-15(22)11-21-5-3-4-17-21/h3-5,15,22H,6-12H2,1-2H3/t15-/m1/s1. The predicted octanol–water partition coefficient (Wildman–Crippen LogP) is 0.667. The number of oxazole rings is 1. The molecule has 23 heavy (non-hydrogen) atoms. The van der Waals surface area contributed by atoms with Gasteiger partial charge in [0.05, 0.1) is 24.9 Å². The fourth-order valence-corrected chi connectivity index (χ4v) is 2.91. The van der Waals surface area contributed by atoms with Crippen molar-refractivity contribution >= 4 is 0 Å². The first-order chi connectivity index (χ1) is 11.1. The molecule has 0 saturated carbocycles. The van der Waals surface area contributed by atoms with Gasteiger partial charge < -0.3 is 9.52 Å². The third-order valence-corrected chi connectivity index (χ3v) is 4.32. The van der Waals surface area contributed by atoms with Gasteiger partial charge in [0.15, 0.2) is 0 Å². The van der Waals surface area contributed by atoms with Crippen LogP contribution in [-0.2, 0) is 13.1 Å². The van der Waals surface area contributed by atoms with Crippen LogP contribution in [0, 0.1) is 13.8 Å². The van der Waals surface area contributed by atoms with Crippen LogP contribution in [0.1, 0.15) is 17.3 Å². The maximum Gasteiger partial charge on any atom is 0.208 e. The molecule has 7 heteroatoms. The van der Waals surface area contributed by atoms with E-state index in [1.54, 1.807) is 10.9 Å². The second-order valence-corrected chi connectivity index (χ2v) is 6.21. The molecule has 1 aliphatic heterocycles. The number of aliphatic hydroxyl groups excluding tert-OH is 1. The zero-order chi connectivity index (χ0) is 16.2. The van der Waals surface area contributed by atoms with Gasteiger partial charge in [-0.25, -0.2) is 4.98 Å². The largest absolute Gasteiger partial charge is 0.444 e. The summed E-state index contributed by atoms with van der Waals surface area (Å²) in [5.41, 5.74) is 0.973. The highest BCUT2D eigenvalue weighted by Gasteiger charge is 2.21. The molecule has 3 heterocycles. The van der Waals surface area contributed by atoms with Crippen molar-refractivity contribution in [2.24, 2.45) is 0 Å². The van der Waals surface area contributed by atoms with Gasteiger partial charge in [-0.15, -0.1) is 0 Å². The lowest BCUT2D eigenvalue weighted by atomic mass is 10.2. The summed E-state index contributed by atoms with van der Waals surface area (Å²) < 4.78 is 7.42. The molecule has 1 saturated heterocycles. The van der Waals surface area contributed by atoms with Gasteiger partial charge in [0.25, 0.3) is 0 Å². The molecular formula is C16H25N5O2. The minimum atomic E-state index is -0.390. The Hall–Kier alpha value is -1.70. The molecule has 2 aromatic heterocycles. The normalized spacial score (nSPS) is 18.4. The van der Waals surface area contributed by atoms with E-state index in [0.717, 1.165) is 50.1 Å². The molecule has 3 rings (SSSR count). The number of aryl methyl sites for hydroxylation is 2. The monoisotopic (exact) mass is 319 g/mol. The highest BCUT2D eigenvalue weighted by molar-refractivity contribution is 5.05. The van der Waals surface area contributed by atoms with Crippen molar-refractivity contribution in [3.63, 3.8) is 0 Å². The third kappa shape index (κ3) is 4.40. The van der Waals surface area contributed by atoms with Gasteiger partial charge in [-0.05, 0) is 19.9 Å². The minimum Gasteiger partial charge on any atom is -0.444 e. The number of aliphatic hydroxyl groups is 1. The van der Waals surface area contributed by atoms with Crippen LogP contribution in [0.15, 0.2) is 22.9 Å². The van der Waals surface area contributed by atoms with Gasteiger partial charge in [-0.2, -0.15) is 5.10 Å². The molecule has 0 unspecified atom stereocenters. The average Bonchev–Trinajstić information content (AvgIpc) is 3.12. The lowest BCUT2D eigenvalue weighted by Gasteiger charge is -2.34. The summed E-state index contributed by atoms with van der Waals surface area (Å²) in [4.78, 5) is 9.09. The molecule has 0 amide bonds. The highest BCUT2D eigenvalue weighted by Crippen LogP contribution is 2.12. The number of β-amino-alcohol motifs (C(OH)–C–C–N with tert-alkyl or cyclic N) is 1. The van der Waals surface area contributed by atoms with Gasteiger partial charge in [0, 0.05) is 45.1 Å². The van der Waals surface area contributed by atoms with Crippen LogP contribution >= 0.6 is 0 Å². The lowest BCUT2D eigenvalue weighted by Crippen LogP contribution is -2.48. The molecule has 7 nitrogen and oxygen atoms in total. The second-order valence-electron chi connectivity index (χ2n) is 6.21. The van der Waals surface area contributed by atoms with Crippen molar-refractivity contribution < 1.29 is 9.52 Å². The van der Waals surface area contributed by atoms with Crippen LogP contribution < -0.4 is 0 Å². The molecule has 0 radical (unpaired) electrons. The Morgan fingerprint density at radius 3 is 2.52 bits per heavy atom. The van der Waals surface area contributed by atoms with Crippen LogP contribution in [0.3, 0.4) is 0 Å². The van der Waals surface area contributed by atoms with E-state index >= 15 is 0 Å². The van der Waals surface area contributed by atoms with Gasteiger partial charge in [-0.1, -0.05) is 0 Å². The number of nitrogens with zero attached hydrogens (tertiary/aromatic N) is 5. The predicted molar refractivity (Wildman–Crippen MR) is 85.9 cm³/mol. The smallest absolute Gasteiger partial charge is 0.208 e. The highest BCUT2D eigenvalue weighted by atomic mass is 16.4. The zero-order valence-corrected chi connectivity index (χ0v) is 13.9. The Kier molecular flexibility index (Phi) is 5.09. The molecule has 126 valence electrons. The molecule has 2 aromatic rings. The topological polar surface area (TPSA) is 70.6 Å². The molecule has 0 aromatic carbocycles. The van der Waals surface area contributed by atoms with Gasteiger partial charge in [-0.3, -0.25) is 14.5 Å². The van der Waals surface area contributed by atoms with Crippen LogP contribution in [0.5, 0.6) is 0 Å². The Morgan fingerprint density at radius 2 is 1.91 bits per heavy atom. The minimum absolute atomic E-state index is 0.390. The molecular weight excluding hydrogens is 294 g/mol. The summed E-state index contributed by atoms with van der Waals surface area (Å²) in [7, 11) is 0. The first kappa shape index (κ1) is 16.2. The van der Waals surface area contributed by atoms with E-state index in [2.05, 4.69) is 19.9 Å². The van der Waals surface area contributed by atoms with Crippen LogP contribution in [0.25, 0.3) is 0 Å². The van der Waals surface area contributed by atoms with E-state index < -0.39 is 6.10 Å². The van der Waals surface area contributed by atoms with Gasteiger partial charge in [0.2, 0.25) is 5.89 Å². The Labute approximate surface area is 136 Å². The van der Waals surface area contributed by atoms with Gasteiger partial charge in [0.1, 0.15) is 5.76 Å². The first-order valence-electron chi connectivity index (χ1n) is 8.13. The maximum atomic E-state index is 10.2. The number of piperazine rings is 1. The molecule has 1 fully saturated rings. The number of hydrogen-bond acceptors (Lipinski definition) is 6. The van der Waals surface area contributed by atoms with Crippen molar-refractivity contribution in [2.75, 3.05) is 32.7 Å². The van der Waals surface area contributed by atoms with Crippen LogP contribution in [0.2, 0.25) is 0 Å². The molecule has 1 aliphatic rings. The number of rotatable bonds is 6. The summed E-state index contributed by atoms with van der Waals surface area (Å²) in [5, 5.41) is 14.3. The van der Waals surface area contributed by atoms with E-state index in [0.29, 0.717) is 13.1 Å². The van der Waals surface area contributed by atoms with Crippen LogP contribution in [-0.4, -0.2) is 68.5 Å². The number of hydrogen-bond donors (Lipinski definition) is 1. The fourth-order valence-electron chi connectivity index (χ4n) is 2.91. The number of aromatic nitrogens is 3. The second kappa shape index (κ2) is 7.25.